The Labute approximate surface area is 160 Å². The smallest absolute Gasteiger partial charge is 0.332 e. The SMILES string of the molecule is COc1ccccc1-n1c(=O)[nH]c2c(C(N)=O)nc(NC3CCCCC3)nc21. The van der Waals surface area contributed by atoms with Gasteiger partial charge in [-0.15, -0.1) is 0 Å². The van der Waals surface area contributed by atoms with E-state index in [1.165, 1.54) is 18.1 Å². The second-order valence-corrected chi connectivity index (χ2v) is 6.88. The minimum absolute atomic E-state index is 0.0194. The summed E-state index contributed by atoms with van der Waals surface area (Å²) in [6.07, 6.45) is 5.52. The Morgan fingerprint density at radius 3 is 2.71 bits per heavy atom. The molecule has 9 heteroatoms. The number of carbonyl (C=O) groups excluding carboxylic acids is 1. The van der Waals surface area contributed by atoms with Crippen molar-refractivity contribution in [2.45, 2.75) is 38.1 Å². The van der Waals surface area contributed by atoms with Crippen molar-refractivity contribution in [3.63, 3.8) is 0 Å². The molecule has 1 amide bonds. The van der Waals surface area contributed by atoms with E-state index < -0.39 is 11.6 Å². The highest BCUT2D eigenvalue weighted by atomic mass is 16.5. The van der Waals surface area contributed by atoms with Crippen molar-refractivity contribution in [1.29, 1.82) is 0 Å². The van der Waals surface area contributed by atoms with Crippen LogP contribution in [0.1, 0.15) is 42.6 Å². The molecule has 2 heterocycles. The summed E-state index contributed by atoms with van der Waals surface area (Å²) >= 11 is 0. The van der Waals surface area contributed by atoms with Crippen molar-refractivity contribution >= 4 is 23.0 Å². The lowest BCUT2D eigenvalue weighted by Gasteiger charge is -2.22. The number of benzene rings is 1. The maximum Gasteiger partial charge on any atom is 0.332 e. The number of fused-ring (bicyclic) bond motifs is 1. The summed E-state index contributed by atoms with van der Waals surface area (Å²) in [4.78, 5) is 36.1. The molecule has 0 unspecified atom stereocenters. The van der Waals surface area contributed by atoms with Crippen LogP contribution in [0.15, 0.2) is 29.1 Å². The van der Waals surface area contributed by atoms with Crippen LogP contribution >= 0.6 is 0 Å². The number of primary amides is 1. The molecule has 1 fully saturated rings. The predicted octanol–water partition coefficient (Wildman–Crippen LogP) is 1.96. The first kappa shape index (κ1) is 18.0. The van der Waals surface area contributed by atoms with Gasteiger partial charge in [-0.3, -0.25) is 4.79 Å². The number of rotatable bonds is 5. The number of para-hydroxylation sites is 2. The van der Waals surface area contributed by atoms with Crippen LogP contribution in [0.3, 0.4) is 0 Å². The molecule has 1 saturated carbocycles. The van der Waals surface area contributed by atoms with Gasteiger partial charge < -0.3 is 20.8 Å². The van der Waals surface area contributed by atoms with Crippen LogP contribution in [0, 0.1) is 0 Å². The van der Waals surface area contributed by atoms with Gasteiger partial charge in [0.1, 0.15) is 11.3 Å². The molecule has 1 aromatic carbocycles. The summed E-state index contributed by atoms with van der Waals surface area (Å²) in [6.45, 7) is 0. The molecular formula is C19H22N6O3. The number of hydrogen-bond donors (Lipinski definition) is 3. The molecule has 0 atom stereocenters. The maximum absolute atomic E-state index is 12.7. The summed E-state index contributed by atoms with van der Waals surface area (Å²) in [7, 11) is 1.53. The molecule has 146 valence electrons. The zero-order valence-electron chi connectivity index (χ0n) is 15.6. The lowest BCUT2D eigenvalue weighted by atomic mass is 9.96. The van der Waals surface area contributed by atoms with E-state index in [1.54, 1.807) is 18.2 Å². The standard InChI is InChI=1S/C19H22N6O3/c1-28-13-10-6-5-9-12(13)25-17-15(23-19(25)27)14(16(20)26)22-18(24-17)21-11-7-3-2-4-8-11/h5-6,9-11H,2-4,7-8H2,1H3,(H2,20,26)(H,23,27)(H,21,22,24). The Bertz CT molecular complexity index is 1080. The average Bonchev–Trinajstić information content (AvgIpc) is 3.03. The van der Waals surface area contributed by atoms with Crippen molar-refractivity contribution in [2.75, 3.05) is 12.4 Å². The molecule has 1 aliphatic rings. The number of aromatic amines is 1. The number of carbonyl (C=O) groups is 1. The van der Waals surface area contributed by atoms with Crippen LogP contribution in [-0.2, 0) is 0 Å². The van der Waals surface area contributed by atoms with Crippen LogP contribution in [0.4, 0.5) is 5.95 Å². The first-order chi connectivity index (χ1) is 13.6. The number of methoxy groups -OCH3 is 1. The monoisotopic (exact) mass is 382 g/mol. The lowest BCUT2D eigenvalue weighted by molar-refractivity contribution is 0.0997. The number of nitrogens with zero attached hydrogens (tertiary/aromatic N) is 3. The number of anilines is 1. The van der Waals surface area contributed by atoms with Gasteiger partial charge in [0.15, 0.2) is 11.3 Å². The summed E-state index contributed by atoms with van der Waals surface area (Å²) in [5.74, 6) is 0.0647. The summed E-state index contributed by atoms with van der Waals surface area (Å²) in [6, 6.07) is 7.33. The van der Waals surface area contributed by atoms with Gasteiger partial charge in [-0.1, -0.05) is 31.4 Å². The quantitative estimate of drug-likeness (QED) is 0.619. The third-order valence-corrected chi connectivity index (χ3v) is 5.03. The Balaban J connectivity index is 1.90. The number of ether oxygens (including phenoxy) is 1. The highest BCUT2D eigenvalue weighted by Gasteiger charge is 2.22. The molecule has 28 heavy (non-hydrogen) atoms. The fourth-order valence-electron chi connectivity index (χ4n) is 3.70. The predicted molar refractivity (Wildman–Crippen MR) is 105 cm³/mol. The van der Waals surface area contributed by atoms with Crippen molar-refractivity contribution in [3.8, 4) is 11.4 Å². The summed E-state index contributed by atoms with van der Waals surface area (Å²) in [5, 5.41) is 3.29. The second kappa shape index (κ2) is 7.34. The Morgan fingerprint density at radius 2 is 2.00 bits per heavy atom. The highest BCUT2D eigenvalue weighted by molar-refractivity contribution is 6.02. The Kier molecular flexibility index (Phi) is 4.72. The molecule has 4 N–H and O–H groups in total. The molecular weight excluding hydrogens is 360 g/mol. The molecule has 0 bridgehead atoms. The van der Waals surface area contributed by atoms with Crippen molar-refractivity contribution < 1.29 is 9.53 Å². The molecule has 0 saturated heterocycles. The van der Waals surface area contributed by atoms with Gasteiger partial charge in [0, 0.05) is 6.04 Å². The highest BCUT2D eigenvalue weighted by Crippen LogP contribution is 2.26. The molecule has 4 rings (SSSR count). The third kappa shape index (κ3) is 3.19. The summed E-state index contributed by atoms with van der Waals surface area (Å²) < 4.78 is 6.75. The normalized spacial score (nSPS) is 14.9. The van der Waals surface area contributed by atoms with E-state index in [-0.39, 0.29) is 28.8 Å². The molecule has 1 aliphatic carbocycles. The van der Waals surface area contributed by atoms with Crippen LogP contribution in [0.5, 0.6) is 5.75 Å². The van der Waals surface area contributed by atoms with Crippen LogP contribution in [0.2, 0.25) is 0 Å². The molecule has 3 aromatic rings. The van der Waals surface area contributed by atoms with Gasteiger partial charge in [0.05, 0.1) is 12.8 Å². The number of nitrogens with two attached hydrogens (primary N) is 1. The third-order valence-electron chi connectivity index (χ3n) is 5.03. The van der Waals surface area contributed by atoms with Gasteiger partial charge in [-0.2, -0.15) is 4.98 Å². The fourth-order valence-corrected chi connectivity index (χ4v) is 3.70. The number of aromatic nitrogens is 4. The number of imidazole rings is 1. The van der Waals surface area contributed by atoms with Crippen molar-refractivity contribution in [3.05, 3.63) is 40.4 Å². The number of nitrogens with one attached hydrogen (secondary N) is 2. The minimum atomic E-state index is -0.729. The maximum atomic E-state index is 12.7. The van der Waals surface area contributed by atoms with Crippen LogP contribution in [0.25, 0.3) is 16.9 Å². The molecule has 0 radical (unpaired) electrons. The largest absolute Gasteiger partial charge is 0.495 e. The van der Waals surface area contributed by atoms with E-state index in [0.29, 0.717) is 11.4 Å². The summed E-state index contributed by atoms with van der Waals surface area (Å²) in [5.41, 5.74) is 6.04. The van der Waals surface area contributed by atoms with E-state index in [0.717, 1.165) is 25.7 Å². The van der Waals surface area contributed by atoms with Gasteiger partial charge >= 0.3 is 5.69 Å². The molecule has 9 nitrogen and oxygen atoms in total. The lowest BCUT2D eigenvalue weighted by Crippen LogP contribution is -2.25. The zero-order valence-corrected chi connectivity index (χ0v) is 15.6. The van der Waals surface area contributed by atoms with Gasteiger partial charge in [-0.05, 0) is 25.0 Å². The van der Waals surface area contributed by atoms with Gasteiger partial charge in [-0.25, -0.2) is 14.3 Å². The van der Waals surface area contributed by atoms with Gasteiger partial charge in [0.25, 0.3) is 5.91 Å². The van der Waals surface area contributed by atoms with Crippen LogP contribution < -0.4 is 21.5 Å². The van der Waals surface area contributed by atoms with E-state index >= 15 is 0 Å². The molecule has 0 aliphatic heterocycles. The Morgan fingerprint density at radius 1 is 1.25 bits per heavy atom. The first-order valence-corrected chi connectivity index (χ1v) is 9.31. The average molecular weight is 382 g/mol. The minimum Gasteiger partial charge on any atom is -0.495 e. The number of amides is 1. The second-order valence-electron chi connectivity index (χ2n) is 6.88. The topological polar surface area (TPSA) is 128 Å². The van der Waals surface area contributed by atoms with E-state index in [9.17, 15) is 9.59 Å². The van der Waals surface area contributed by atoms with E-state index in [2.05, 4.69) is 20.3 Å². The number of hydrogen-bond acceptors (Lipinski definition) is 6. The van der Waals surface area contributed by atoms with Crippen molar-refractivity contribution in [1.82, 2.24) is 19.5 Å². The van der Waals surface area contributed by atoms with Crippen molar-refractivity contribution in [2.24, 2.45) is 5.73 Å². The Hall–Kier alpha value is -3.36. The van der Waals surface area contributed by atoms with Gasteiger partial charge in [0.2, 0.25) is 5.95 Å². The fraction of sp³-hybridized carbons (Fsp3) is 0.368. The molecule has 2 aromatic heterocycles. The van der Waals surface area contributed by atoms with E-state index in [1.807, 2.05) is 6.07 Å². The number of H-pyrrole nitrogens is 1. The molecule has 0 spiro atoms. The van der Waals surface area contributed by atoms with Crippen LogP contribution in [-0.4, -0.2) is 38.6 Å². The van der Waals surface area contributed by atoms with E-state index in [4.69, 9.17) is 10.5 Å². The first-order valence-electron chi connectivity index (χ1n) is 9.31. The zero-order chi connectivity index (χ0) is 19.7.